The van der Waals surface area contributed by atoms with Crippen LogP contribution >= 0.6 is 0 Å². The van der Waals surface area contributed by atoms with Crippen molar-refractivity contribution in [2.45, 2.75) is 38.2 Å². The van der Waals surface area contributed by atoms with Gasteiger partial charge in [0.15, 0.2) is 0 Å². The Bertz CT molecular complexity index is 536. The van der Waals surface area contributed by atoms with Gasteiger partial charge in [0.25, 0.3) is 0 Å². The van der Waals surface area contributed by atoms with E-state index < -0.39 is 0 Å². The second kappa shape index (κ2) is 9.49. The predicted octanol–water partition coefficient (Wildman–Crippen LogP) is 2.17. The molecular formula is C18H28N2O4. The normalized spacial score (nSPS) is 20.5. The van der Waals surface area contributed by atoms with E-state index in [9.17, 15) is 9.90 Å². The minimum absolute atomic E-state index is 0.0739. The number of nitrogens with one attached hydrogen (secondary N) is 2. The molecule has 0 radical (unpaired) electrons. The van der Waals surface area contributed by atoms with Crippen molar-refractivity contribution in [2.24, 2.45) is 5.92 Å². The quantitative estimate of drug-likeness (QED) is 0.634. The summed E-state index contributed by atoms with van der Waals surface area (Å²) in [7, 11) is 3.14. The third kappa shape index (κ3) is 5.39. The van der Waals surface area contributed by atoms with Crippen molar-refractivity contribution in [3.63, 3.8) is 0 Å². The molecule has 1 amide bonds. The van der Waals surface area contributed by atoms with Crippen molar-refractivity contribution in [2.75, 3.05) is 32.6 Å². The van der Waals surface area contributed by atoms with E-state index in [4.69, 9.17) is 9.47 Å². The molecule has 1 fully saturated rings. The fourth-order valence-corrected chi connectivity index (χ4v) is 3.03. The van der Waals surface area contributed by atoms with Gasteiger partial charge in [-0.25, -0.2) is 0 Å². The Hall–Kier alpha value is -1.79. The van der Waals surface area contributed by atoms with Gasteiger partial charge in [-0.2, -0.15) is 0 Å². The molecule has 0 saturated heterocycles. The van der Waals surface area contributed by atoms with Crippen LogP contribution in [-0.2, 0) is 4.79 Å². The molecule has 134 valence electrons. The van der Waals surface area contributed by atoms with Crippen LogP contribution in [0.2, 0.25) is 0 Å². The summed E-state index contributed by atoms with van der Waals surface area (Å²) in [4.78, 5) is 12.1. The summed E-state index contributed by atoms with van der Waals surface area (Å²) < 4.78 is 10.4. The van der Waals surface area contributed by atoms with E-state index in [0.29, 0.717) is 36.1 Å². The molecule has 6 heteroatoms. The highest BCUT2D eigenvalue weighted by atomic mass is 16.5. The van der Waals surface area contributed by atoms with Crippen LogP contribution < -0.4 is 20.1 Å². The number of benzene rings is 1. The number of anilines is 1. The Morgan fingerprint density at radius 3 is 2.75 bits per heavy atom. The van der Waals surface area contributed by atoms with Gasteiger partial charge in [0.05, 0.1) is 26.0 Å². The van der Waals surface area contributed by atoms with Crippen LogP contribution in [0.3, 0.4) is 0 Å². The number of amides is 1. The van der Waals surface area contributed by atoms with Crippen LogP contribution in [0.4, 0.5) is 5.69 Å². The first-order chi connectivity index (χ1) is 11.6. The van der Waals surface area contributed by atoms with Crippen LogP contribution in [0.25, 0.3) is 0 Å². The molecule has 1 aliphatic carbocycles. The number of methoxy groups -OCH3 is 2. The molecule has 0 aliphatic heterocycles. The highest BCUT2D eigenvalue weighted by Gasteiger charge is 2.22. The summed E-state index contributed by atoms with van der Waals surface area (Å²) in [6.45, 7) is 1.35. The van der Waals surface area contributed by atoms with Gasteiger partial charge in [0.2, 0.25) is 5.91 Å². The Morgan fingerprint density at radius 1 is 1.25 bits per heavy atom. The minimum atomic E-state index is -0.205. The van der Waals surface area contributed by atoms with Crippen molar-refractivity contribution < 1.29 is 19.4 Å². The van der Waals surface area contributed by atoms with Crippen LogP contribution in [0.5, 0.6) is 11.5 Å². The molecule has 1 aliphatic rings. The van der Waals surface area contributed by atoms with Gasteiger partial charge < -0.3 is 25.2 Å². The summed E-state index contributed by atoms with van der Waals surface area (Å²) in [5, 5.41) is 16.1. The van der Waals surface area contributed by atoms with Crippen molar-refractivity contribution in [3.8, 4) is 11.5 Å². The lowest BCUT2D eigenvalue weighted by molar-refractivity contribution is -0.116. The third-order valence-electron chi connectivity index (χ3n) is 4.49. The second-order valence-electron chi connectivity index (χ2n) is 6.18. The molecule has 1 aromatic rings. The largest absolute Gasteiger partial charge is 0.497 e. The van der Waals surface area contributed by atoms with Gasteiger partial charge in [-0.15, -0.1) is 0 Å². The van der Waals surface area contributed by atoms with E-state index in [2.05, 4.69) is 10.6 Å². The van der Waals surface area contributed by atoms with Crippen molar-refractivity contribution >= 4 is 11.6 Å². The highest BCUT2D eigenvalue weighted by Crippen LogP contribution is 2.29. The van der Waals surface area contributed by atoms with Gasteiger partial charge in [0, 0.05) is 25.6 Å². The highest BCUT2D eigenvalue weighted by molar-refractivity contribution is 5.92. The first-order valence-electron chi connectivity index (χ1n) is 8.54. The molecule has 0 aromatic heterocycles. The van der Waals surface area contributed by atoms with Crippen LogP contribution in [0.15, 0.2) is 18.2 Å². The van der Waals surface area contributed by atoms with Gasteiger partial charge in [-0.3, -0.25) is 4.79 Å². The van der Waals surface area contributed by atoms with Gasteiger partial charge >= 0.3 is 0 Å². The number of aliphatic hydroxyl groups is 1. The maximum atomic E-state index is 12.1. The topological polar surface area (TPSA) is 79.8 Å². The summed E-state index contributed by atoms with van der Waals surface area (Å²) in [6.07, 6.45) is 4.42. The SMILES string of the molecule is COc1ccc(NC(=O)CCNC[C@H]2CCCC[C@H]2O)c(OC)c1. The lowest BCUT2D eigenvalue weighted by Gasteiger charge is -2.27. The van der Waals surface area contributed by atoms with Crippen LogP contribution in [0, 0.1) is 5.92 Å². The van der Waals surface area contributed by atoms with E-state index in [1.165, 1.54) is 6.42 Å². The smallest absolute Gasteiger partial charge is 0.225 e. The van der Waals surface area contributed by atoms with E-state index >= 15 is 0 Å². The van der Waals surface area contributed by atoms with Gasteiger partial charge in [-0.1, -0.05) is 12.8 Å². The Kier molecular flexibility index (Phi) is 7.34. The summed E-state index contributed by atoms with van der Waals surface area (Å²) in [6, 6.07) is 5.28. The maximum Gasteiger partial charge on any atom is 0.225 e. The molecule has 0 spiro atoms. The number of carbonyl (C=O) groups is 1. The fourth-order valence-electron chi connectivity index (χ4n) is 3.03. The summed E-state index contributed by atoms with van der Waals surface area (Å²) in [5.41, 5.74) is 0.631. The summed E-state index contributed by atoms with van der Waals surface area (Å²) in [5.74, 6) is 1.48. The minimum Gasteiger partial charge on any atom is -0.497 e. The standard InChI is InChI=1S/C18H28N2O4/c1-23-14-7-8-15(17(11-14)24-2)20-18(22)9-10-19-12-13-5-3-4-6-16(13)21/h7-8,11,13,16,19,21H,3-6,9-10,12H2,1-2H3,(H,20,22)/t13-,16-/m1/s1. The Balaban J connectivity index is 1.73. The number of rotatable bonds is 8. The average Bonchev–Trinajstić information content (AvgIpc) is 2.60. The molecule has 0 heterocycles. The number of hydrogen-bond donors (Lipinski definition) is 3. The molecule has 0 bridgehead atoms. The van der Waals surface area contributed by atoms with E-state index in [1.807, 2.05) is 0 Å². The number of carbonyl (C=O) groups excluding carboxylic acids is 1. The lowest BCUT2D eigenvalue weighted by Crippen LogP contribution is -2.35. The molecular weight excluding hydrogens is 308 g/mol. The summed E-state index contributed by atoms with van der Waals surface area (Å²) >= 11 is 0. The molecule has 6 nitrogen and oxygen atoms in total. The van der Waals surface area contributed by atoms with E-state index in [0.717, 1.165) is 25.8 Å². The second-order valence-corrected chi connectivity index (χ2v) is 6.18. The average molecular weight is 336 g/mol. The number of hydrogen-bond acceptors (Lipinski definition) is 5. The van der Waals surface area contributed by atoms with Crippen LogP contribution in [0.1, 0.15) is 32.1 Å². The molecule has 3 N–H and O–H groups in total. The molecule has 2 rings (SSSR count). The zero-order valence-corrected chi connectivity index (χ0v) is 14.5. The molecule has 2 atom stereocenters. The third-order valence-corrected chi connectivity index (χ3v) is 4.49. The first-order valence-corrected chi connectivity index (χ1v) is 8.54. The Morgan fingerprint density at radius 2 is 2.04 bits per heavy atom. The zero-order chi connectivity index (χ0) is 17.4. The number of ether oxygens (including phenoxy) is 2. The van der Waals surface area contributed by atoms with Gasteiger partial charge in [0.1, 0.15) is 11.5 Å². The predicted molar refractivity (Wildman–Crippen MR) is 93.6 cm³/mol. The molecule has 1 aromatic carbocycles. The molecule has 1 saturated carbocycles. The van der Waals surface area contributed by atoms with Crippen molar-refractivity contribution in [3.05, 3.63) is 18.2 Å². The van der Waals surface area contributed by atoms with Crippen LogP contribution in [-0.4, -0.2) is 44.4 Å². The van der Waals surface area contributed by atoms with E-state index in [-0.39, 0.29) is 12.0 Å². The molecule has 24 heavy (non-hydrogen) atoms. The Labute approximate surface area is 143 Å². The number of aliphatic hydroxyl groups excluding tert-OH is 1. The maximum absolute atomic E-state index is 12.1. The fraction of sp³-hybridized carbons (Fsp3) is 0.611. The van der Waals surface area contributed by atoms with Crippen molar-refractivity contribution in [1.29, 1.82) is 0 Å². The van der Waals surface area contributed by atoms with Gasteiger partial charge in [-0.05, 0) is 30.9 Å². The lowest BCUT2D eigenvalue weighted by atomic mass is 9.86. The van der Waals surface area contributed by atoms with E-state index in [1.54, 1.807) is 32.4 Å². The monoisotopic (exact) mass is 336 g/mol. The van der Waals surface area contributed by atoms with Crippen molar-refractivity contribution in [1.82, 2.24) is 5.32 Å². The first kappa shape index (κ1) is 18.5. The molecule has 0 unspecified atom stereocenters. The zero-order valence-electron chi connectivity index (χ0n) is 14.5.